The molecule has 26 heavy (non-hydrogen) atoms. The van der Waals surface area contributed by atoms with Crippen LogP contribution in [0.1, 0.15) is 17.5 Å². The third kappa shape index (κ3) is 3.67. The lowest BCUT2D eigenvalue weighted by Crippen LogP contribution is -2.50. The van der Waals surface area contributed by atoms with Crippen molar-refractivity contribution in [1.29, 1.82) is 5.26 Å². The number of carbonyl (C=O) groups excluding carboxylic acids is 2. The predicted octanol–water partition coefficient (Wildman–Crippen LogP) is 2.03. The van der Waals surface area contributed by atoms with E-state index in [-0.39, 0.29) is 18.4 Å². The highest BCUT2D eigenvalue weighted by Gasteiger charge is 2.32. The second kappa shape index (κ2) is 7.70. The Kier molecular flexibility index (Phi) is 5.18. The van der Waals surface area contributed by atoms with Crippen LogP contribution in [-0.2, 0) is 16.0 Å². The average molecular weight is 349 g/mol. The van der Waals surface area contributed by atoms with Crippen LogP contribution in [0.25, 0.3) is 0 Å². The lowest BCUT2D eigenvalue weighted by molar-refractivity contribution is -0.127. The van der Waals surface area contributed by atoms with Gasteiger partial charge in [0.15, 0.2) is 6.10 Å². The third-order valence-electron chi connectivity index (χ3n) is 4.32. The van der Waals surface area contributed by atoms with Gasteiger partial charge in [0.1, 0.15) is 5.75 Å². The molecule has 0 radical (unpaired) electrons. The first kappa shape index (κ1) is 17.5. The van der Waals surface area contributed by atoms with Gasteiger partial charge in [-0.15, -0.1) is 0 Å². The Morgan fingerprint density at radius 1 is 1.23 bits per heavy atom. The summed E-state index contributed by atoms with van der Waals surface area (Å²) in [6.45, 7) is 0.183. The molecule has 2 amide bonds. The fourth-order valence-electron chi connectivity index (χ4n) is 2.90. The van der Waals surface area contributed by atoms with E-state index in [0.29, 0.717) is 29.8 Å². The summed E-state index contributed by atoms with van der Waals surface area (Å²) in [6, 6.07) is 16.5. The zero-order valence-corrected chi connectivity index (χ0v) is 14.4. The lowest BCUT2D eigenvalue weighted by Gasteiger charge is -2.34. The number of anilines is 1. The second-order valence-electron chi connectivity index (χ2n) is 6.00. The molecule has 1 aliphatic rings. The van der Waals surface area contributed by atoms with Crippen LogP contribution in [-0.4, -0.2) is 31.5 Å². The van der Waals surface area contributed by atoms with Gasteiger partial charge in [-0.2, -0.15) is 5.26 Å². The number of aryl methyl sites for hydroxylation is 1. The molecule has 2 aromatic carbocycles. The fraction of sp³-hybridized carbons (Fsp3) is 0.250. The minimum Gasteiger partial charge on any atom is -0.477 e. The summed E-state index contributed by atoms with van der Waals surface area (Å²) in [4.78, 5) is 26.4. The number of likely N-dealkylation sites (N-methyl/N-ethyl adjacent to an activating group) is 1. The van der Waals surface area contributed by atoms with E-state index in [0.717, 1.165) is 5.56 Å². The van der Waals surface area contributed by atoms with Crippen LogP contribution >= 0.6 is 0 Å². The molecule has 0 fully saturated rings. The molecular weight excluding hydrogens is 330 g/mol. The van der Waals surface area contributed by atoms with Gasteiger partial charge in [-0.05, 0) is 36.2 Å². The molecule has 6 heteroatoms. The van der Waals surface area contributed by atoms with Crippen molar-refractivity contribution in [2.45, 2.75) is 18.9 Å². The van der Waals surface area contributed by atoms with Crippen molar-refractivity contribution in [2.75, 3.05) is 18.5 Å². The highest BCUT2D eigenvalue weighted by molar-refractivity contribution is 5.97. The lowest BCUT2D eigenvalue weighted by atomic mass is 10.1. The van der Waals surface area contributed by atoms with Crippen LogP contribution in [0.2, 0.25) is 0 Å². The van der Waals surface area contributed by atoms with Crippen molar-refractivity contribution < 1.29 is 14.3 Å². The molecule has 6 nitrogen and oxygen atoms in total. The third-order valence-corrected chi connectivity index (χ3v) is 4.32. The Hall–Kier alpha value is -3.33. The molecule has 0 bridgehead atoms. The summed E-state index contributed by atoms with van der Waals surface area (Å²) in [6.07, 6.45) is 0.142. The van der Waals surface area contributed by atoms with Crippen LogP contribution in [0.3, 0.4) is 0 Å². The molecule has 1 N–H and O–H groups in total. The summed E-state index contributed by atoms with van der Waals surface area (Å²) in [5.74, 6) is 0.197. The largest absolute Gasteiger partial charge is 0.477 e. The zero-order chi connectivity index (χ0) is 18.5. The number of rotatable bonds is 4. The highest BCUT2D eigenvalue weighted by Crippen LogP contribution is 2.33. The number of nitriles is 1. The van der Waals surface area contributed by atoms with Crippen molar-refractivity contribution >= 4 is 17.5 Å². The summed E-state index contributed by atoms with van der Waals surface area (Å²) in [5, 5.41) is 11.4. The number of hydrogen-bond donors (Lipinski definition) is 1. The Morgan fingerprint density at radius 2 is 1.96 bits per heavy atom. The molecule has 0 saturated carbocycles. The number of ether oxygens (including phenoxy) is 1. The molecule has 0 aromatic heterocycles. The molecule has 1 unspecified atom stereocenters. The van der Waals surface area contributed by atoms with Crippen molar-refractivity contribution in [3.05, 3.63) is 59.7 Å². The number of benzene rings is 2. The van der Waals surface area contributed by atoms with Gasteiger partial charge in [-0.3, -0.25) is 9.59 Å². The van der Waals surface area contributed by atoms with Gasteiger partial charge in [0.25, 0.3) is 5.91 Å². The molecule has 0 aliphatic carbocycles. The topological polar surface area (TPSA) is 82.4 Å². The minimum absolute atomic E-state index is 0.0704. The van der Waals surface area contributed by atoms with Crippen LogP contribution in [0.5, 0.6) is 5.75 Å². The fourth-order valence-corrected chi connectivity index (χ4v) is 2.90. The molecule has 132 valence electrons. The summed E-state index contributed by atoms with van der Waals surface area (Å²) in [7, 11) is 1.54. The Morgan fingerprint density at radius 3 is 2.65 bits per heavy atom. The van der Waals surface area contributed by atoms with E-state index in [4.69, 9.17) is 10.00 Å². The first-order valence-electron chi connectivity index (χ1n) is 8.39. The summed E-state index contributed by atoms with van der Waals surface area (Å²) in [5.41, 5.74) is 2.26. The normalized spacial score (nSPS) is 15.4. The molecule has 0 spiro atoms. The number of carbonyl (C=O) groups is 2. The van der Waals surface area contributed by atoms with Gasteiger partial charge in [0.05, 0.1) is 23.9 Å². The van der Waals surface area contributed by atoms with Gasteiger partial charge >= 0.3 is 0 Å². The smallest absolute Gasteiger partial charge is 0.262 e. The first-order chi connectivity index (χ1) is 12.6. The molecule has 0 saturated heterocycles. The maximum Gasteiger partial charge on any atom is 0.262 e. The zero-order valence-electron chi connectivity index (χ0n) is 14.4. The van der Waals surface area contributed by atoms with Crippen LogP contribution in [0.15, 0.2) is 48.5 Å². The van der Waals surface area contributed by atoms with E-state index in [1.165, 1.54) is 0 Å². The van der Waals surface area contributed by atoms with E-state index in [9.17, 15) is 9.59 Å². The van der Waals surface area contributed by atoms with Crippen molar-refractivity contribution in [3.63, 3.8) is 0 Å². The van der Waals surface area contributed by atoms with E-state index in [1.54, 1.807) is 30.1 Å². The molecule has 1 aliphatic heterocycles. The number of hydrogen-bond acceptors (Lipinski definition) is 4. The van der Waals surface area contributed by atoms with Gasteiger partial charge in [-0.25, -0.2) is 0 Å². The van der Waals surface area contributed by atoms with Gasteiger partial charge < -0.3 is 15.0 Å². The highest BCUT2D eigenvalue weighted by atomic mass is 16.5. The molecule has 1 heterocycles. The maximum atomic E-state index is 12.8. The molecule has 2 aromatic rings. The van der Waals surface area contributed by atoms with E-state index in [1.807, 2.05) is 30.3 Å². The van der Waals surface area contributed by atoms with E-state index >= 15 is 0 Å². The average Bonchev–Trinajstić information content (AvgIpc) is 2.70. The molecule has 1 atom stereocenters. The van der Waals surface area contributed by atoms with Crippen molar-refractivity contribution in [3.8, 4) is 11.8 Å². The quantitative estimate of drug-likeness (QED) is 0.916. The second-order valence-corrected chi connectivity index (χ2v) is 6.00. The van der Waals surface area contributed by atoms with Gasteiger partial charge in [0, 0.05) is 13.5 Å². The molecule has 3 rings (SSSR count). The van der Waals surface area contributed by atoms with Crippen molar-refractivity contribution in [2.24, 2.45) is 0 Å². The number of fused-ring (bicyclic) bond motifs is 1. The van der Waals surface area contributed by atoms with Gasteiger partial charge in [-0.1, -0.05) is 24.3 Å². The van der Waals surface area contributed by atoms with Crippen LogP contribution in [0.4, 0.5) is 5.69 Å². The van der Waals surface area contributed by atoms with Crippen molar-refractivity contribution in [1.82, 2.24) is 5.32 Å². The number of nitrogens with one attached hydrogen (secondary N) is 1. The maximum absolute atomic E-state index is 12.8. The minimum atomic E-state index is -0.728. The predicted molar refractivity (Wildman–Crippen MR) is 96.8 cm³/mol. The Bertz CT molecular complexity index is 855. The number of nitrogens with zero attached hydrogens (tertiary/aromatic N) is 2. The SMILES string of the molecule is CNC(=O)C1CN(C(=O)CCc2ccc(C#N)cc2)c2ccccc2O1. The Labute approximate surface area is 152 Å². The summed E-state index contributed by atoms with van der Waals surface area (Å²) < 4.78 is 5.72. The van der Waals surface area contributed by atoms with Crippen LogP contribution in [0, 0.1) is 11.3 Å². The standard InChI is InChI=1S/C20H19N3O3/c1-22-20(25)18-13-23(16-4-2-3-5-17(16)26-18)19(24)11-10-14-6-8-15(12-21)9-7-14/h2-9,18H,10-11,13H2,1H3,(H,22,25). The summed E-state index contributed by atoms with van der Waals surface area (Å²) >= 11 is 0. The van der Waals surface area contributed by atoms with E-state index in [2.05, 4.69) is 11.4 Å². The van der Waals surface area contributed by atoms with Gasteiger partial charge in [0.2, 0.25) is 5.91 Å². The van der Waals surface area contributed by atoms with E-state index < -0.39 is 6.10 Å². The Balaban J connectivity index is 1.74. The molecular formula is C20H19N3O3. The van der Waals surface area contributed by atoms with Crippen LogP contribution < -0.4 is 15.0 Å². The first-order valence-corrected chi connectivity index (χ1v) is 8.39. The number of amides is 2. The number of para-hydroxylation sites is 2. The monoisotopic (exact) mass is 349 g/mol.